The molecule has 1 aliphatic rings. The van der Waals surface area contributed by atoms with Gasteiger partial charge in [-0.2, -0.15) is 0 Å². The molecule has 162 valence electrons. The summed E-state index contributed by atoms with van der Waals surface area (Å²) in [6.45, 7) is 1.84. The van der Waals surface area contributed by atoms with Crippen LogP contribution in [0.2, 0.25) is 5.15 Å². The summed E-state index contributed by atoms with van der Waals surface area (Å²) in [7, 11) is 1.53. The van der Waals surface area contributed by atoms with Gasteiger partial charge in [-0.15, -0.1) is 5.10 Å². The second kappa shape index (κ2) is 7.95. The molecule has 9 nitrogen and oxygen atoms in total. The van der Waals surface area contributed by atoms with Crippen LogP contribution in [-0.2, 0) is 4.79 Å². The van der Waals surface area contributed by atoms with Gasteiger partial charge in [0.25, 0.3) is 5.91 Å². The molecule has 4 heterocycles. The van der Waals surface area contributed by atoms with Crippen LogP contribution in [0, 0.1) is 6.92 Å². The number of aromatic nitrogens is 5. The van der Waals surface area contributed by atoms with Crippen LogP contribution in [-0.4, -0.2) is 43.4 Å². The maximum Gasteiger partial charge on any atom is 0.259 e. The van der Waals surface area contributed by atoms with Crippen molar-refractivity contribution in [2.75, 3.05) is 12.4 Å². The Balaban J connectivity index is 1.44. The Bertz CT molecular complexity index is 1340. The summed E-state index contributed by atoms with van der Waals surface area (Å²) < 4.78 is 7.04. The molecule has 4 aromatic heterocycles. The van der Waals surface area contributed by atoms with E-state index in [9.17, 15) is 9.59 Å². The fourth-order valence-corrected chi connectivity index (χ4v) is 4.52. The van der Waals surface area contributed by atoms with Gasteiger partial charge in [0.2, 0.25) is 10.1 Å². The minimum absolute atomic E-state index is 0.165. The van der Waals surface area contributed by atoms with Gasteiger partial charge < -0.3 is 4.74 Å². The SMILES string of the molecule is COc1cnc(Cl)cc1-c1cc(C)ncc1C(=O)Nc1nn2cc(C3CC(=O)C3)nc2s1. The largest absolute Gasteiger partial charge is 0.494 e. The molecule has 0 unspecified atom stereocenters. The number of nitrogens with one attached hydrogen (secondary N) is 1. The number of aryl methyl sites for hydroxylation is 1. The highest BCUT2D eigenvalue weighted by atomic mass is 35.5. The lowest BCUT2D eigenvalue weighted by molar-refractivity contribution is -0.124. The standard InChI is InChI=1S/C21H17ClN6O3S/c1-10-3-13(14-6-18(22)24-8-17(14)31-2)15(7-23-10)19(30)26-20-27-28-9-16(25-21(28)32-20)11-4-12(29)5-11/h3,6-9,11H,4-5H2,1-2H3,(H,26,27,30). The third kappa shape index (κ3) is 3.71. The number of methoxy groups -OCH3 is 1. The van der Waals surface area contributed by atoms with Crippen molar-refractivity contribution in [2.45, 2.75) is 25.7 Å². The number of fused-ring (bicyclic) bond motifs is 1. The number of amides is 1. The van der Waals surface area contributed by atoms with E-state index in [1.54, 1.807) is 22.8 Å². The van der Waals surface area contributed by atoms with Crippen molar-refractivity contribution in [3.8, 4) is 16.9 Å². The maximum absolute atomic E-state index is 13.1. The zero-order valence-corrected chi connectivity index (χ0v) is 18.7. The van der Waals surface area contributed by atoms with Gasteiger partial charge in [0.1, 0.15) is 16.7 Å². The molecule has 0 bridgehead atoms. The summed E-state index contributed by atoms with van der Waals surface area (Å²) in [5, 5.41) is 7.92. The van der Waals surface area contributed by atoms with Crippen LogP contribution in [0.4, 0.5) is 5.13 Å². The van der Waals surface area contributed by atoms with E-state index in [-0.39, 0.29) is 22.8 Å². The van der Waals surface area contributed by atoms with E-state index >= 15 is 0 Å². The van der Waals surface area contributed by atoms with Crippen molar-refractivity contribution in [3.05, 3.63) is 52.8 Å². The molecule has 0 aromatic carbocycles. The summed E-state index contributed by atoms with van der Waals surface area (Å²) in [5.74, 6) is 0.535. The van der Waals surface area contributed by atoms with Gasteiger partial charge in [0.15, 0.2) is 0 Å². The van der Waals surface area contributed by atoms with Crippen molar-refractivity contribution in [2.24, 2.45) is 0 Å². The van der Waals surface area contributed by atoms with Crippen LogP contribution in [0.5, 0.6) is 5.75 Å². The molecule has 1 amide bonds. The van der Waals surface area contributed by atoms with Crippen LogP contribution in [0.15, 0.2) is 30.7 Å². The number of Topliss-reactive ketones (excluding diaryl/α,β-unsaturated/α-hetero) is 1. The lowest BCUT2D eigenvalue weighted by Crippen LogP contribution is -2.21. The monoisotopic (exact) mass is 468 g/mol. The Morgan fingerprint density at radius 2 is 2.06 bits per heavy atom. The number of halogens is 1. The van der Waals surface area contributed by atoms with Gasteiger partial charge in [0, 0.05) is 41.8 Å². The van der Waals surface area contributed by atoms with Crippen LogP contribution in [0.25, 0.3) is 16.1 Å². The highest BCUT2D eigenvalue weighted by Crippen LogP contribution is 2.35. The molecule has 0 saturated heterocycles. The van der Waals surface area contributed by atoms with Crippen LogP contribution < -0.4 is 10.1 Å². The summed E-state index contributed by atoms with van der Waals surface area (Å²) in [6.07, 6.45) is 5.89. The van der Waals surface area contributed by atoms with Crippen molar-refractivity contribution >= 4 is 44.7 Å². The number of rotatable bonds is 5. The Kier molecular flexibility index (Phi) is 5.10. The van der Waals surface area contributed by atoms with E-state index in [1.165, 1.54) is 30.8 Å². The van der Waals surface area contributed by atoms with Crippen molar-refractivity contribution in [1.29, 1.82) is 0 Å². The zero-order chi connectivity index (χ0) is 22.4. The minimum Gasteiger partial charge on any atom is -0.494 e. The molecular weight excluding hydrogens is 452 g/mol. The Hall–Kier alpha value is -3.37. The van der Waals surface area contributed by atoms with E-state index in [0.717, 1.165) is 11.4 Å². The predicted octanol–water partition coefficient (Wildman–Crippen LogP) is 3.92. The number of hydrogen-bond acceptors (Lipinski definition) is 8. The van der Waals surface area contributed by atoms with Gasteiger partial charge in [-0.1, -0.05) is 22.9 Å². The molecule has 0 radical (unpaired) electrons. The number of anilines is 1. The number of pyridine rings is 2. The van der Waals surface area contributed by atoms with Gasteiger partial charge in [-0.25, -0.2) is 14.5 Å². The zero-order valence-electron chi connectivity index (χ0n) is 17.1. The fraction of sp³-hybridized carbons (Fsp3) is 0.238. The van der Waals surface area contributed by atoms with Gasteiger partial charge in [0.05, 0.1) is 30.8 Å². The molecule has 11 heteroatoms. The first-order valence-electron chi connectivity index (χ1n) is 9.77. The lowest BCUT2D eigenvalue weighted by atomic mass is 9.82. The summed E-state index contributed by atoms with van der Waals surface area (Å²) in [5.41, 5.74) is 3.19. The molecule has 1 fully saturated rings. The first kappa shape index (κ1) is 20.5. The van der Waals surface area contributed by atoms with E-state index in [1.807, 2.05) is 6.92 Å². The Morgan fingerprint density at radius 3 is 2.78 bits per heavy atom. The lowest BCUT2D eigenvalue weighted by Gasteiger charge is -2.21. The van der Waals surface area contributed by atoms with Crippen molar-refractivity contribution in [3.63, 3.8) is 0 Å². The molecule has 5 rings (SSSR count). The van der Waals surface area contributed by atoms with Crippen LogP contribution >= 0.6 is 22.9 Å². The highest BCUT2D eigenvalue weighted by molar-refractivity contribution is 7.20. The molecule has 0 atom stereocenters. The van der Waals surface area contributed by atoms with Crippen LogP contribution in [0.3, 0.4) is 0 Å². The predicted molar refractivity (Wildman–Crippen MR) is 120 cm³/mol. The third-order valence-electron chi connectivity index (χ3n) is 5.28. The molecular formula is C21H17ClN6O3S. The second-order valence-electron chi connectivity index (χ2n) is 7.48. The topological polar surface area (TPSA) is 111 Å². The summed E-state index contributed by atoms with van der Waals surface area (Å²) >= 11 is 7.35. The highest BCUT2D eigenvalue weighted by Gasteiger charge is 2.30. The van der Waals surface area contributed by atoms with Crippen molar-refractivity contribution < 1.29 is 14.3 Å². The van der Waals surface area contributed by atoms with Gasteiger partial charge >= 0.3 is 0 Å². The first-order valence-corrected chi connectivity index (χ1v) is 11.0. The van der Waals surface area contributed by atoms with E-state index < -0.39 is 0 Å². The molecule has 1 saturated carbocycles. The van der Waals surface area contributed by atoms with Gasteiger partial charge in [-0.3, -0.25) is 19.9 Å². The summed E-state index contributed by atoms with van der Waals surface area (Å²) in [4.78, 5) is 37.9. The number of carbonyl (C=O) groups excluding carboxylic acids is 2. The number of ether oxygens (including phenoxy) is 1. The molecule has 0 spiro atoms. The molecule has 4 aromatic rings. The quantitative estimate of drug-likeness (QED) is 0.442. The Labute approximate surface area is 191 Å². The van der Waals surface area contributed by atoms with E-state index in [4.69, 9.17) is 16.3 Å². The molecule has 0 aliphatic heterocycles. The van der Waals surface area contributed by atoms with E-state index in [0.29, 0.717) is 45.4 Å². The smallest absolute Gasteiger partial charge is 0.259 e. The van der Waals surface area contributed by atoms with Gasteiger partial charge in [-0.05, 0) is 19.1 Å². The number of hydrogen-bond donors (Lipinski definition) is 1. The minimum atomic E-state index is -0.371. The second-order valence-corrected chi connectivity index (χ2v) is 8.82. The fourth-order valence-electron chi connectivity index (χ4n) is 3.58. The average Bonchev–Trinajstić information content (AvgIpc) is 3.29. The van der Waals surface area contributed by atoms with Crippen LogP contribution in [0.1, 0.15) is 40.5 Å². The molecule has 1 N–H and O–H groups in total. The number of nitrogens with zero attached hydrogens (tertiary/aromatic N) is 5. The number of carbonyl (C=O) groups is 2. The number of imidazole rings is 1. The molecule has 32 heavy (non-hydrogen) atoms. The molecule has 1 aliphatic carbocycles. The Morgan fingerprint density at radius 1 is 1.25 bits per heavy atom. The third-order valence-corrected chi connectivity index (χ3v) is 6.32. The first-order chi connectivity index (χ1) is 15.4. The number of ketones is 1. The average molecular weight is 469 g/mol. The van der Waals surface area contributed by atoms with E-state index in [2.05, 4.69) is 25.4 Å². The maximum atomic E-state index is 13.1. The van der Waals surface area contributed by atoms with Crippen molar-refractivity contribution in [1.82, 2.24) is 24.6 Å². The normalized spacial score (nSPS) is 13.9. The summed E-state index contributed by atoms with van der Waals surface area (Å²) in [6, 6.07) is 3.44.